The number of likely N-dealkylation sites (N-methyl/N-ethyl adjacent to an activating group) is 1. The Kier molecular flexibility index (Phi) is 4.47. The number of hydrogen-bond acceptors (Lipinski definition) is 4. The highest BCUT2D eigenvalue weighted by Gasteiger charge is 2.08. The number of urea groups is 1. The molecule has 6 heteroatoms. The topological polar surface area (TPSA) is 101 Å². The van der Waals surface area contributed by atoms with Crippen LogP contribution in [-0.4, -0.2) is 30.4 Å². The maximum absolute atomic E-state index is 11.2. The van der Waals surface area contributed by atoms with Crippen LogP contribution in [0.1, 0.15) is 5.56 Å². The molecule has 92 valence electrons. The van der Waals surface area contributed by atoms with Gasteiger partial charge in [-0.05, 0) is 24.7 Å². The Labute approximate surface area is 99.6 Å². The second-order valence-corrected chi connectivity index (χ2v) is 3.83. The largest absolute Gasteiger partial charge is 0.399 e. The Balaban J connectivity index is 2.44. The van der Waals surface area contributed by atoms with E-state index in [-0.39, 0.29) is 6.54 Å². The molecule has 0 saturated heterocycles. The zero-order valence-corrected chi connectivity index (χ0v) is 9.64. The number of nitrogens with zero attached hydrogens (tertiary/aromatic N) is 1. The van der Waals surface area contributed by atoms with Crippen LogP contribution in [0.5, 0.6) is 0 Å². The lowest BCUT2D eigenvalue weighted by atomic mass is 10.2. The third kappa shape index (κ3) is 4.98. The molecule has 0 aliphatic carbocycles. The van der Waals surface area contributed by atoms with Crippen molar-refractivity contribution in [2.24, 2.45) is 5.73 Å². The molecule has 6 nitrogen and oxygen atoms in total. The quantitative estimate of drug-likeness (QED) is 0.635. The van der Waals surface area contributed by atoms with Crippen LogP contribution in [0.15, 0.2) is 24.3 Å². The van der Waals surface area contributed by atoms with Crippen molar-refractivity contribution < 1.29 is 9.59 Å². The van der Waals surface area contributed by atoms with Crippen molar-refractivity contribution in [1.29, 1.82) is 0 Å². The van der Waals surface area contributed by atoms with Gasteiger partial charge in [0.2, 0.25) is 5.91 Å². The molecule has 0 aliphatic rings. The summed E-state index contributed by atoms with van der Waals surface area (Å²) in [6.45, 7) is 0.694. The van der Waals surface area contributed by atoms with Crippen molar-refractivity contribution >= 4 is 17.6 Å². The molecule has 0 aromatic heterocycles. The van der Waals surface area contributed by atoms with E-state index in [4.69, 9.17) is 11.5 Å². The Morgan fingerprint density at radius 2 is 1.88 bits per heavy atom. The molecule has 0 aliphatic heterocycles. The lowest BCUT2D eigenvalue weighted by molar-refractivity contribution is -0.120. The summed E-state index contributed by atoms with van der Waals surface area (Å²) in [5.41, 5.74) is 12.1. The first-order valence-electron chi connectivity index (χ1n) is 5.09. The average Bonchev–Trinajstić information content (AvgIpc) is 2.19. The molecule has 0 bridgehead atoms. The fraction of sp³-hybridized carbons (Fsp3) is 0.273. The summed E-state index contributed by atoms with van der Waals surface area (Å²) >= 11 is 0. The molecule has 0 spiro atoms. The summed E-state index contributed by atoms with van der Waals surface area (Å²) in [5, 5.41) is 2.01. The molecule has 0 radical (unpaired) electrons. The van der Waals surface area contributed by atoms with Crippen LogP contribution in [-0.2, 0) is 11.3 Å². The van der Waals surface area contributed by atoms with Crippen LogP contribution in [0, 0.1) is 0 Å². The molecule has 0 fully saturated rings. The van der Waals surface area contributed by atoms with Gasteiger partial charge in [0.25, 0.3) is 0 Å². The van der Waals surface area contributed by atoms with Crippen molar-refractivity contribution in [2.75, 3.05) is 19.3 Å². The second kappa shape index (κ2) is 5.86. The number of hydrogen-bond donors (Lipinski definition) is 3. The first kappa shape index (κ1) is 13.0. The first-order chi connectivity index (χ1) is 7.97. The number of carbonyl (C=O) groups excluding carboxylic acids is 2. The monoisotopic (exact) mass is 236 g/mol. The fourth-order valence-corrected chi connectivity index (χ4v) is 1.41. The number of anilines is 1. The molecule has 3 amide bonds. The van der Waals surface area contributed by atoms with Crippen LogP contribution in [0.3, 0.4) is 0 Å². The highest BCUT2D eigenvalue weighted by atomic mass is 16.2. The van der Waals surface area contributed by atoms with Gasteiger partial charge in [-0.1, -0.05) is 12.1 Å². The van der Waals surface area contributed by atoms with E-state index in [2.05, 4.69) is 0 Å². The number of rotatable bonds is 4. The zero-order valence-electron chi connectivity index (χ0n) is 9.64. The molecule has 17 heavy (non-hydrogen) atoms. The number of amides is 3. The summed E-state index contributed by atoms with van der Waals surface area (Å²) in [4.78, 5) is 23.4. The maximum atomic E-state index is 11.2. The minimum Gasteiger partial charge on any atom is -0.399 e. The molecule has 1 aromatic carbocycles. The van der Waals surface area contributed by atoms with Crippen molar-refractivity contribution in [1.82, 2.24) is 10.2 Å². The minimum atomic E-state index is -0.837. The highest BCUT2D eigenvalue weighted by Crippen LogP contribution is 2.07. The Morgan fingerprint density at radius 3 is 2.41 bits per heavy atom. The number of imide groups is 1. The molecule has 0 saturated carbocycles. The fourth-order valence-electron chi connectivity index (χ4n) is 1.41. The van der Waals surface area contributed by atoms with Gasteiger partial charge in [0.1, 0.15) is 0 Å². The van der Waals surface area contributed by atoms with Crippen molar-refractivity contribution in [2.45, 2.75) is 6.54 Å². The van der Waals surface area contributed by atoms with Crippen LogP contribution in [0.2, 0.25) is 0 Å². The summed E-state index contributed by atoms with van der Waals surface area (Å²) in [7, 11) is 1.77. The molecule has 0 atom stereocenters. The van der Waals surface area contributed by atoms with E-state index in [0.717, 1.165) is 5.56 Å². The molecule has 0 unspecified atom stereocenters. The van der Waals surface area contributed by atoms with Crippen LogP contribution in [0.25, 0.3) is 0 Å². The first-order valence-corrected chi connectivity index (χ1v) is 5.09. The van der Waals surface area contributed by atoms with Crippen molar-refractivity contribution in [3.8, 4) is 0 Å². The minimum absolute atomic E-state index is 0.104. The van der Waals surface area contributed by atoms with E-state index in [9.17, 15) is 9.59 Å². The normalized spacial score (nSPS) is 10.2. The number of benzene rings is 1. The smallest absolute Gasteiger partial charge is 0.318 e. The van der Waals surface area contributed by atoms with E-state index in [0.29, 0.717) is 12.2 Å². The third-order valence-corrected chi connectivity index (χ3v) is 2.11. The molecular weight excluding hydrogens is 220 g/mol. The number of primary amides is 1. The van der Waals surface area contributed by atoms with Gasteiger partial charge in [-0.3, -0.25) is 15.0 Å². The third-order valence-electron chi connectivity index (χ3n) is 2.11. The lowest BCUT2D eigenvalue weighted by Crippen LogP contribution is -2.41. The van der Waals surface area contributed by atoms with Crippen molar-refractivity contribution in [3.05, 3.63) is 29.8 Å². The maximum Gasteiger partial charge on any atom is 0.318 e. The Morgan fingerprint density at radius 1 is 1.29 bits per heavy atom. The van der Waals surface area contributed by atoms with Gasteiger partial charge in [-0.15, -0.1) is 0 Å². The summed E-state index contributed by atoms with van der Waals surface area (Å²) in [6, 6.07) is 6.53. The SMILES string of the molecule is CN(CC(=O)NC(N)=O)Cc1ccc(N)cc1. The average molecular weight is 236 g/mol. The number of nitrogens with two attached hydrogens (primary N) is 2. The summed E-state index contributed by atoms with van der Waals surface area (Å²) < 4.78 is 0. The van der Waals surface area contributed by atoms with Gasteiger partial charge >= 0.3 is 6.03 Å². The van der Waals surface area contributed by atoms with Gasteiger partial charge in [-0.2, -0.15) is 0 Å². The zero-order chi connectivity index (χ0) is 12.8. The highest BCUT2D eigenvalue weighted by molar-refractivity contribution is 5.94. The predicted molar refractivity (Wildman–Crippen MR) is 64.9 cm³/mol. The molecule has 1 aromatic rings. The molecule has 0 heterocycles. The van der Waals surface area contributed by atoms with Crippen molar-refractivity contribution in [3.63, 3.8) is 0 Å². The van der Waals surface area contributed by atoms with E-state index in [1.54, 1.807) is 24.1 Å². The Bertz CT molecular complexity index is 402. The van der Waals surface area contributed by atoms with Crippen LogP contribution >= 0.6 is 0 Å². The number of nitrogens with one attached hydrogen (secondary N) is 1. The van der Waals surface area contributed by atoms with Gasteiger partial charge < -0.3 is 11.5 Å². The standard InChI is InChI=1S/C11H16N4O2/c1-15(7-10(16)14-11(13)17)6-8-2-4-9(12)5-3-8/h2-5H,6-7,12H2,1H3,(H3,13,14,16,17). The molecule has 1 rings (SSSR count). The predicted octanol–water partition coefficient (Wildman–Crippen LogP) is -0.104. The number of carbonyl (C=O) groups is 2. The second-order valence-electron chi connectivity index (χ2n) is 3.83. The molecular formula is C11H16N4O2. The van der Waals surface area contributed by atoms with Crippen LogP contribution in [0.4, 0.5) is 10.5 Å². The Hall–Kier alpha value is -2.08. The van der Waals surface area contributed by atoms with Gasteiger partial charge in [-0.25, -0.2) is 4.79 Å². The summed E-state index contributed by atoms with van der Waals surface area (Å²) in [5.74, 6) is -0.421. The lowest BCUT2D eigenvalue weighted by Gasteiger charge is -2.15. The van der Waals surface area contributed by atoms with Gasteiger partial charge in [0.15, 0.2) is 0 Å². The summed E-state index contributed by atoms with van der Waals surface area (Å²) in [6.07, 6.45) is 0. The van der Waals surface area contributed by atoms with E-state index in [1.807, 2.05) is 17.4 Å². The van der Waals surface area contributed by atoms with Crippen LogP contribution < -0.4 is 16.8 Å². The van der Waals surface area contributed by atoms with E-state index in [1.165, 1.54) is 0 Å². The van der Waals surface area contributed by atoms with E-state index >= 15 is 0 Å². The number of nitrogen functional groups attached to an aromatic ring is 1. The van der Waals surface area contributed by atoms with Gasteiger partial charge in [0, 0.05) is 12.2 Å². The van der Waals surface area contributed by atoms with Gasteiger partial charge in [0.05, 0.1) is 6.54 Å². The molecule has 5 N–H and O–H groups in total. The van der Waals surface area contributed by atoms with E-state index < -0.39 is 11.9 Å².